The van der Waals surface area contributed by atoms with Crippen LogP contribution in [0.25, 0.3) is 11.4 Å². The van der Waals surface area contributed by atoms with Gasteiger partial charge in [-0.15, -0.1) is 0 Å². The summed E-state index contributed by atoms with van der Waals surface area (Å²) < 4.78 is 5.40. The first kappa shape index (κ1) is 14.5. The summed E-state index contributed by atoms with van der Waals surface area (Å²) in [6.07, 6.45) is 4.55. The van der Waals surface area contributed by atoms with Gasteiger partial charge in [0.05, 0.1) is 0 Å². The molecule has 0 amide bonds. The van der Waals surface area contributed by atoms with Crippen molar-refractivity contribution in [3.8, 4) is 11.4 Å². The van der Waals surface area contributed by atoms with E-state index in [-0.39, 0.29) is 0 Å². The molecule has 1 aliphatic carbocycles. The van der Waals surface area contributed by atoms with Crippen molar-refractivity contribution >= 4 is 11.6 Å². The second kappa shape index (κ2) is 6.58. The van der Waals surface area contributed by atoms with Crippen molar-refractivity contribution in [2.75, 3.05) is 6.54 Å². The maximum atomic E-state index is 6.00. The fourth-order valence-electron chi connectivity index (χ4n) is 2.50. The topological polar surface area (TPSA) is 51.0 Å². The van der Waals surface area contributed by atoms with Crippen LogP contribution in [0.4, 0.5) is 0 Å². The van der Waals surface area contributed by atoms with Gasteiger partial charge in [0, 0.05) is 23.0 Å². The second-order valence-electron chi connectivity index (χ2n) is 5.62. The molecule has 4 nitrogen and oxygen atoms in total. The molecule has 0 radical (unpaired) electrons. The number of benzene rings is 1. The van der Waals surface area contributed by atoms with Crippen molar-refractivity contribution in [3.05, 3.63) is 35.2 Å². The van der Waals surface area contributed by atoms with E-state index in [2.05, 4.69) is 22.4 Å². The Morgan fingerprint density at radius 3 is 3.00 bits per heavy atom. The standard InChI is InChI=1S/C16H20ClN3O/c1-2-8-18-14(11-6-7-11)10-15-19-16(20-21-15)12-4-3-5-13(17)9-12/h3-5,9,11,14,18H,2,6-8,10H2,1H3. The number of hydrogen-bond acceptors (Lipinski definition) is 4. The lowest BCUT2D eigenvalue weighted by Crippen LogP contribution is -2.33. The lowest BCUT2D eigenvalue weighted by Gasteiger charge is -2.15. The lowest BCUT2D eigenvalue weighted by molar-refractivity contribution is 0.346. The Labute approximate surface area is 129 Å². The average Bonchev–Trinajstić information content (AvgIpc) is 3.22. The van der Waals surface area contributed by atoms with Gasteiger partial charge in [-0.3, -0.25) is 0 Å². The minimum absolute atomic E-state index is 0.456. The Bertz CT molecular complexity index is 595. The minimum Gasteiger partial charge on any atom is -0.339 e. The highest BCUT2D eigenvalue weighted by Crippen LogP contribution is 2.34. The zero-order valence-electron chi connectivity index (χ0n) is 12.2. The van der Waals surface area contributed by atoms with Crippen molar-refractivity contribution in [3.63, 3.8) is 0 Å². The van der Waals surface area contributed by atoms with Crippen LogP contribution in [0.15, 0.2) is 28.8 Å². The highest BCUT2D eigenvalue weighted by atomic mass is 35.5. The van der Waals surface area contributed by atoms with Gasteiger partial charge in [0.15, 0.2) is 0 Å². The molecule has 1 saturated carbocycles. The van der Waals surface area contributed by atoms with Crippen molar-refractivity contribution in [2.24, 2.45) is 5.92 Å². The van der Waals surface area contributed by atoms with Gasteiger partial charge in [0.2, 0.25) is 11.7 Å². The van der Waals surface area contributed by atoms with Gasteiger partial charge in [0.1, 0.15) is 0 Å². The molecule has 112 valence electrons. The van der Waals surface area contributed by atoms with E-state index in [1.165, 1.54) is 12.8 Å². The van der Waals surface area contributed by atoms with Crippen molar-refractivity contribution in [1.82, 2.24) is 15.5 Å². The molecule has 2 aromatic rings. The quantitative estimate of drug-likeness (QED) is 0.847. The summed E-state index contributed by atoms with van der Waals surface area (Å²) in [5.41, 5.74) is 0.891. The molecule has 3 rings (SSSR count). The zero-order chi connectivity index (χ0) is 14.7. The molecule has 0 aliphatic heterocycles. The monoisotopic (exact) mass is 305 g/mol. The van der Waals surface area contributed by atoms with Gasteiger partial charge in [-0.2, -0.15) is 4.98 Å². The summed E-state index contributed by atoms with van der Waals surface area (Å²) in [5, 5.41) is 8.34. The molecule has 1 unspecified atom stereocenters. The first-order chi connectivity index (χ1) is 10.3. The Hall–Kier alpha value is -1.39. The number of aromatic nitrogens is 2. The number of hydrogen-bond donors (Lipinski definition) is 1. The molecule has 21 heavy (non-hydrogen) atoms. The molecule has 1 aliphatic rings. The highest BCUT2D eigenvalue weighted by molar-refractivity contribution is 6.30. The summed E-state index contributed by atoms with van der Waals surface area (Å²) in [5.74, 6) is 2.07. The molecule has 0 bridgehead atoms. The number of halogens is 1. The van der Waals surface area contributed by atoms with Crippen LogP contribution in [-0.2, 0) is 6.42 Å². The summed E-state index contributed by atoms with van der Waals surface area (Å²) in [6, 6.07) is 7.98. The normalized spacial score (nSPS) is 16.1. The van der Waals surface area contributed by atoms with E-state index in [9.17, 15) is 0 Å². The largest absolute Gasteiger partial charge is 0.339 e. The number of nitrogens with one attached hydrogen (secondary N) is 1. The van der Waals surface area contributed by atoms with E-state index in [1.807, 2.05) is 24.3 Å². The molecular formula is C16H20ClN3O. The highest BCUT2D eigenvalue weighted by Gasteiger charge is 2.32. The van der Waals surface area contributed by atoms with Crippen molar-refractivity contribution < 1.29 is 4.52 Å². The molecule has 1 N–H and O–H groups in total. The van der Waals surface area contributed by atoms with Crippen molar-refractivity contribution in [1.29, 1.82) is 0 Å². The summed E-state index contributed by atoms with van der Waals surface area (Å²) in [6.45, 7) is 3.22. The summed E-state index contributed by atoms with van der Waals surface area (Å²) in [4.78, 5) is 4.50. The Kier molecular flexibility index (Phi) is 4.56. The van der Waals surface area contributed by atoms with E-state index in [0.717, 1.165) is 30.9 Å². The van der Waals surface area contributed by atoms with Gasteiger partial charge >= 0.3 is 0 Å². The van der Waals surface area contributed by atoms with Gasteiger partial charge in [-0.05, 0) is 43.9 Å². The molecule has 1 atom stereocenters. The van der Waals surface area contributed by atoms with Crippen LogP contribution < -0.4 is 5.32 Å². The lowest BCUT2D eigenvalue weighted by atomic mass is 10.1. The van der Waals surface area contributed by atoms with E-state index in [4.69, 9.17) is 16.1 Å². The third-order valence-corrected chi connectivity index (χ3v) is 4.03. The molecule has 5 heteroatoms. The molecule has 1 fully saturated rings. The minimum atomic E-state index is 0.456. The van der Waals surface area contributed by atoms with Crippen LogP contribution in [0.3, 0.4) is 0 Å². The molecule has 1 aromatic carbocycles. The van der Waals surface area contributed by atoms with Gasteiger partial charge in [-0.25, -0.2) is 0 Å². The molecule has 0 spiro atoms. The van der Waals surface area contributed by atoms with Crippen LogP contribution in [0, 0.1) is 5.92 Å². The summed E-state index contributed by atoms with van der Waals surface area (Å²) in [7, 11) is 0. The van der Waals surface area contributed by atoms with Gasteiger partial charge in [-0.1, -0.05) is 35.8 Å². The predicted octanol–water partition coefficient (Wildman–Crippen LogP) is 3.71. The van der Waals surface area contributed by atoms with Crippen LogP contribution in [0.2, 0.25) is 5.02 Å². The Balaban J connectivity index is 1.69. The van der Waals surface area contributed by atoms with Crippen LogP contribution in [0.5, 0.6) is 0 Å². The molecular weight excluding hydrogens is 286 g/mol. The maximum absolute atomic E-state index is 6.00. The summed E-state index contributed by atoms with van der Waals surface area (Å²) >= 11 is 6.00. The van der Waals surface area contributed by atoms with Crippen molar-refractivity contribution in [2.45, 2.75) is 38.6 Å². The van der Waals surface area contributed by atoms with E-state index < -0.39 is 0 Å². The van der Waals surface area contributed by atoms with Crippen LogP contribution >= 0.6 is 11.6 Å². The van der Waals surface area contributed by atoms with Gasteiger partial charge in [0.25, 0.3) is 0 Å². The third-order valence-electron chi connectivity index (χ3n) is 3.79. The van der Waals surface area contributed by atoms with Crippen LogP contribution in [0.1, 0.15) is 32.1 Å². The third kappa shape index (κ3) is 3.83. The van der Waals surface area contributed by atoms with Crippen LogP contribution in [-0.4, -0.2) is 22.7 Å². The molecule has 1 heterocycles. The average molecular weight is 306 g/mol. The first-order valence-electron chi connectivity index (χ1n) is 7.58. The van der Waals surface area contributed by atoms with E-state index in [0.29, 0.717) is 22.8 Å². The second-order valence-corrected chi connectivity index (χ2v) is 6.06. The fraction of sp³-hybridized carbons (Fsp3) is 0.500. The predicted molar refractivity (Wildman–Crippen MR) is 83.3 cm³/mol. The van der Waals surface area contributed by atoms with E-state index in [1.54, 1.807) is 0 Å². The number of nitrogens with zero attached hydrogens (tertiary/aromatic N) is 2. The fourth-order valence-corrected chi connectivity index (χ4v) is 2.69. The number of rotatable bonds is 7. The Morgan fingerprint density at radius 2 is 2.29 bits per heavy atom. The molecule has 0 saturated heterocycles. The van der Waals surface area contributed by atoms with Gasteiger partial charge < -0.3 is 9.84 Å². The first-order valence-corrected chi connectivity index (χ1v) is 7.96. The SMILES string of the molecule is CCCNC(Cc1nc(-c2cccc(Cl)c2)no1)C1CC1. The van der Waals surface area contributed by atoms with E-state index >= 15 is 0 Å². The zero-order valence-corrected chi connectivity index (χ0v) is 12.9. The smallest absolute Gasteiger partial charge is 0.228 e. The molecule has 1 aromatic heterocycles. The Morgan fingerprint density at radius 1 is 1.43 bits per heavy atom. The maximum Gasteiger partial charge on any atom is 0.228 e.